The van der Waals surface area contributed by atoms with Crippen LogP contribution in [0.1, 0.15) is 24.3 Å². The Labute approximate surface area is 170 Å². The normalized spacial score (nSPS) is 10.5. The number of ether oxygens (including phenoxy) is 1. The molecule has 0 fully saturated rings. The van der Waals surface area contributed by atoms with Crippen LogP contribution in [0.4, 0.5) is 23.0 Å². The molecule has 0 radical (unpaired) electrons. The first-order valence-corrected chi connectivity index (χ1v) is 9.37. The molecule has 0 saturated carbocycles. The lowest BCUT2D eigenvalue weighted by molar-refractivity contribution is 0.102. The van der Waals surface area contributed by atoms with E-state index in [1.807, 2.05) is 81.4 Å². The van der Waals surface area contributed by atoms with Crippen molar-refractivity contribution < 1.29 is 9.53 Å². The second-order valence-electron chi connectivity index (χ2n) is 6.95. The molecule has 0 aliphatic rings. The van der Waals surface area contributed by atoms with Gasteiger partial charge in [0.25, 0.3) is 5.91 Å². The van der Waals surface area contributed by atoms with Crippen LogP contribution >= 0.6 is 0 Å². The highest BCUT2D eigenvalue weighted by Gasteiger charge is 2.11. The van der Waals surface area contributed by atoms with E-state index in [9.17, 15) is 4.79 Å². The van der Waals surface area contributed by atoms with Crippen LogP contribution in [0, 0.1) is 0 Å². The molecule has 2 N–H and O–H groups in total. The molecular weight excluding hydrogens is 366 g/mol. The van der Waals surface area contributed by atoms with Gasteiger partial charge >= 0.3 is 0 Å². The van der Waals surface area contributed by atoms with Gasteiger partial charge in [0.2, 0.25) is 5.95 Å². The maximum Gasteiger partial charge on any atom is 0.274 e. The van der Waals surface area contributed by atoms with Gasteiger partial charge in [0, 0.05) is 31.7 Å². The van der Waals surface area contributed by atoms with Crippen LogP contribution in [0.3, 0.4) is 0 Å². The van der Waals surface area contributed by atoms with Crippen LogP contribution in [0.15, 0.2) is 60.8 Å². The van der Waals surface area contributed by atoms with E-state index in [1.54, 1.807) is 12.3 Å². The summed E-state index contributed by atoms with van der Waals surface area (Å²) in [4.78, 5) is 23.1. The van der Waals surface area contributed by atoms with Crippen molar-refractivity contribution in [2.75, 3.05) is 29.6 Å². The molecule has 29 heavy (non-hydrogen) atoms. The Morgan fingerprint density at radius 3 is 2.45 bits per heavy atom. The summed E-state index contributed by atoms with van der Waals surface area (Å²) in [6, 6.07) is 16.7. The molecule has 0 atom stereocenters. The van der Waals surface area contributed by atoms with Gasteiger partial charge in [-0.2, -0.15) is 0 Å². The van der Waals surface area contributed by atoms with Crippen LogP contribution in [-0.2, 0) is 0 Å². The maximum absolute atomic E-state index is 12.6. The summed E-state index contributed by atoms with van der Waals surface area (Å²) in [6.45, 7) is 3.92. The number of para-hydroxylation sites is 2. The highest BCUT2D eigenvalue weighted by atomic mass is 16.5. The average Bonchev–Trinajstić information content (AvgIpc) is 2.70. The molecule has 150 valence electrons. The third-order valence-corrected chi connectivity index (χ3v) is 4.03. The summed E-state index contributed by atoms with van der Waals surface area (Å²) < 4.78 is 5.80. The van der Waals surface area contributed by atoms with E-state index < -0.39 is 0 Å². The number of carbonyl (C=O) groups is 1. The van der Waals surface area contributed by atoms with Crippen LogP contribution < -0.4 is 20.3 Å². The fourth-order valence-corrected chi connectivity index (χ4v) is 2.63. The lowest BCUT2D eigenvalue weighted by atomic mass is 10.2. The van der Waals surface area contributed by atoms with Gasteiger partial charge in [-0.15, -0.1) is 0 Å². The predicted molar refractivity (Wildman–Crippen MR) is 116 cm³/mol. The minimum atomic E-state index is -0.306. The first-order valence-electron chi connectivity index (χ1n) is 9.37. The fourth-order valence-electron chi connectivity index (χ4n) is 2.63. The van der Waals surface area contributed by atoms with Gasteiger partial charge in [0.1, 0.15) is 11.4 Å². The van der Waals surface area contributed by atoms with Crippen molar-refractivity contribution in [3.05, 3.63) is 66.5 Å². The van der Waals surface area contributed by atoms with Gasteiger partial charge in [-0.3, -0.25) is 4.79 Å². The smallest absolute Gasteiger partial charge is 0.274 e. The highest BCUT2D eigenvalue weighted by Crippen LogP contribution is 2.27. The molecule has 0 aliphatic carbocycles. The number of rotatable bonds is 7. The number of hydrogen-bond donors (Lipinski definition) is 2. The fraction of sp³-hybridized carbons (Fsp3) is 0.227. The van der Waals surface area contributed by atoms with Crippen molar-refractivity contribution in [3.8, 4) is 5.75 Å². The van der Waals surface area contributed by atoms with Crippen molar-refractivity contribution >= 4 is 28.9 Å². The first-order chi connectivity index (χ1) is 13.9. The second kappa shape index (κ2) is 9.05. The van der Waals surface area contributed by atoms with Crippen molar-refractivity contribution in [2.45, 2.75) is 20.0 Å². The summed E-state index contributed by atoms with van der Waals surface area (Å²) >= 11 is 0. The van der Waals surface area contributed by atoms with Crippen molar-refractivity contribution in [3.63, 3.8) is 0 Å². The Hall–Kier alpha value is -3.61. The Bertz CT molecular complexity index is 971. The molecule has 1 aromatic heterocycles. The van der Waals surface area contributed by atoms with E-state index in [0.717, 1.165) is 11.4 Å². The molecule has 3 rings (SSSR count). The second-order valence-corrected chi connectivity index (χ2v) is 6.95. The Balaban J connectivity index is 1.73. The molecule has 1 amide bonds. The summed E-state index contributed by atoms with van der Waals surface area (Å²) in [5.41, 5.74) is 2.75. The van der Waals surface area contributed by atoms with Gasteiger partial charge < -0.3 is 20.3 Å². The van der Waals surface area contributed by atoms with Crippen molar-refractivity contribution in [1.29, 1.82) is 0 Å². The standard InChI is InChI=1S/C22H25N5O2/c1-15(2)29-20-8-6-5-7-18(20)25-22-23-14-13-19(26-22)21(28)24-16-9-11-17(12-10-16)27(3)4/h5-15H,1-4H3,(H,24,28)(H,23,25,26). The molecule has 3 aromatic rings. The topological polar surface area (TPSA) is 79.4 Å². The van der Waals surface area contributed by atoms with E-state index in [0.29, 0.717) is 17.4 Å². The number of aromatic nitrogens is 2. The average molecular weight is 391 g/mol. The Kier molecular flexibility index (Phi) is 6.29. The third kappa shape index (κ3) is 5.44. The summed E-state index contributed by atoms with van der Waals surface area (Å²) in [6.07, 6.45) is 1.58. The molecule has 0 aliphatic heterocycles. The van der Waals surface area contributed by atoms with Crippen LogP contribution in [0.25, 0.3) is 0 Å². The SMILES string of the molecule is CC(C)Oc1ccccc1Nc1nccc(C(=O)Nc2ccc(N(C)C)cc2)n1. The zero-order valence-corrected chi connectivity index (χ0v) is 17.0. The van der Waals surface area contributed by atoms with Gasteiger partial charge in [-0.1, -0.05) is 12.1 Å². The zero-order chi connectivity index (χ0) is 20.8. The predicted octanol–water partition coefficient (Wildman–Crippen LogP) is 4.33. The van der Waals surface area contributed by atoms with E-state index >= 15 is 0 Å². The summed E-state index contributed by atoms with van der Waals surface area (Å²) in [5, 5.41) is 5.98. The van der Waals surface area contributed by atoms with Crippen molar-refractivity contribution in [1.82, 2.24) is 9.97 Å². The third-order valence-electron chi connectivity index (χ3n) is 4.03. The molecule has 7 heteroatoms. The molecule has 1 heterocycles. The van der Waals surface area contributed by atoms with E-state index in [2.05, 4.69) is 20.6 Å². The Morgan fingerprint density at radius 2 is 1.76 bits per heavy atom. The van der Waals surface area contributed by atoms with E-state index in [-0.39, 0.29) is 17.7 Å². The van der Waals surface area contributed by atoms with E-state index in [1.165, 1.54) is 0 Å². The van der Waals surface area contributed by atoms with Crippen LogP contribution in [0.5, 0.6) is 5.75 Å². The number of amides is 1. The Morgan fingerprint density at radius 1 is 1.03 bits per heavy atom. The molecule has 0 spiro atoms. The minimum Gasteiger partial charge on any atom is -0.489 e. The molecular formula is C22H25N5O2. The quantitative estimate of drug-likeness (QED) is 0.624. The zero-order valence-electron chi connectivity index (χ0n) is 17.0. The largest absolute Gasteiger partial charge is 0.489 e. The molecule has 7 nitrogen and oxygen atoms in total. The lowest BCUT2D eigenvalue weighted by Crippen LogP contribution is -2.15. The number of nitrogens with zero attached hydrogens (tertiary/aromatic N) is 3. The van der Waals surface area contributed by atoms with Gasteiger partial charge in [0.05, 0.1) is 11.8 Å². The molecule has 0 bridgehead atoms. The van der Waals surface area contributed by atoms with Crippen molar-refractivity contribution in [2.24, 2.45) is 0 Å². The highest BCUT2D eigenvalue weighted by molar-refractivity contribution is 6.03. The van der Waals surface area contributed by atoms with Gasteiger partial charge in [-0.05, 0) is 56.3 Å². The van der Waals surface area contributed by atoms with E-state index in [4.69, 9.17) is 4.74 Å². The molecule has 2 aromatic carbocycles. The first kappa shape index (κ1) is 20.1. The molecule has 0 saturated heterocycles. The summed E-state index contributed by atoms with van der Waals surface area (Å²) in [5.74, 6) is 0.710. The number of benzene rings is 2. The van der Waals surface area contributed by atoms with Gasteiger partial charge in [-0.25, -0.2) is 9.97 Å². The number of hydrogen-bond acceptors (Lipinski definition) is 6. The van der Waals surface area contributed by atoms with Crippen LogP contribution in [0.2, 0.25) is 0 Å². The number of nitrogens with one attached hydrogen (secondary N) is 2. The number of carbonyl (C=O) groups excluding carboxylic acids is 1. The maximum atomic E-state index is 12.6. The molecule has 0 unspecified atom stereocenters. The minimum absolute atomic E-state index is 0.0369. The monoisotopic (exact) mass is 391 g/mol. The number of anilines is 4. The van der Waals surface area contributed by atoms with Crippen LogP contribution in [-0.4, -0.2) is 36.1 Å². The summed E-state index contributed by atoms with van der Waals surface area (Å²) in [7, 11) is 3.93. The lowest BCUT2D eigenvalue weighted by Gasteiger charge is -2.15. The van der Waals surface area contributed by atoms with Gasteiger partial charge in [0.15, 0.2) is 0 Å².